The van der Waals surface area contributed by atoms with Crippen molar-refractivity contribution >= 4 is 45.7 Å². The number of aliphatic carboxylic acids is 1. The molecule has 0 bridgehead atoms. The molecular formula is C15H15NO3S2. The van der Waals surface area contributed by atoms with Crippen LogP contribution in [0.3, 0.4) is 0 Å². The maximum absolute atomic E-state index is 12.4. The van der Waals surface area contributed by atoms with Crippen LogP contribution in [-0.4, -0.2) is 32.7 Å². The topological polar surface area (TPSA) is 57.6 Å². The molecule has 2 rings (SSSR count). The summed E-state index contributed by atoms with van der Waals surface area (Å²) in [6.07, 6.45) is 1.65. The normalized spacial score (nSPS) is 17.3. The van der Waals surface area contributed by atoms with Crippen LogP contribution in [0.5, 0.6) is 0 Å². The molecule has 0 saturated carbocycles. The summed E-state index contributed by atoms with van der Waals surface area (Å²) in [5.74, 6) is -1.37. The smallest absolute Gasteiger partial charge is 0.323 e. The fraction of sp³-hybridized carbons (Fsp3) is 0.267. The van der Waals surface area contributed by atoms with Crippen LogP contribution in [0.15, 0.2) is 35.2 Å². The molecule has 21 heavy (non-hydrogen) atoms. The quantitative estimate of drug-likeness (QED) is 0.667. The van der Waals surface area contributed by atoms with Crippen molar-refractivity contribution in [2.45, 2.75) is 19.8 Å². The number of carbonyl (C=O) groups is 2. The molecule has 110 valence electrons. The van der Waals surface area contributed by atoms with Crippen LogP contribution in [0.2, 0.25) is 0 Å². The van der Waals surface area contributed by atoms with Gasteiger partial charge in [0.2, 0.25) is 0 Å². The summed E-state index contributed by atoms with van der Waals surface area (Å²) in [7, 11) is 0. The molecule has 0 aliphatic carbocycles. The first-order valence-electron chi connectivity index (χ1n) is 6.58. The predicted octanol–water partition coefficient (Wildman–Crippen LogP) is 3.14. The van der Waals surface area contributed by atoms with Crippen LogP contribution >= 0.6 is 24.0 Å². The summed E-state index contributed by atoms with van der Waals surface area (Å²) in [5.41, 5.74) is 1.92. The molecule has 1 saturated heterocycles. The number of carbonyl (C=O) groups excluding carboxylic acids is 1. The van der Waals surface area contributed by atoms with Crippen molar-refractivity contribution in [3.8, 4) is 0 Å². The first-order valence-corrected chi connectivity index (χ1v) is 7.81. The van der Waals surface area contributed by atoms with E-state index in [0.717, 1.165) is 28.9 Å². The Morgan fingerprint density at radius 3 is 2.57 bits per heavy atom. The molecule has 0 radical (unpaired) electrons. The third-order valence-corrected chi connectivity index (χ3v) is 4.53. The number of allylic oxidation sites excluding steroid dienone is 1. The number of rotatable bonds is 5. The molecule has 0 atom stereocenters. The average Bonchev–Trinajstić information content (AvgIpc) is 2.73. The first kappa shape index (κ1) is 15.7. The van der Waals surface area contributed by atoms with Crippen LogP contribution in [0.1, 0.15) is 25.3 Å². The van der Waals surface area contributed by atoms with Gasteiger partial charge in [-0.05, 0) is 17.6 Å². The summed E-state index contributed by atoms with van der Waals surface area (Å²) >= 11 is 6.33. The molecule has 4 nitrogen and oxygen atoms in total. The van der Waals surface area contributed by atoms with Crippen LogP contribution in [0, 0.1) is 0 Å². The second-order valence-corrected chi connectivity index (χ2v) is 6.22. The molecule has 0 unspecified atom stereocenters. The zero-order valence-corrected chi connectivity index (χ0v) is 13.2. The molecule has 0 aromatic heterocycles. The van der Waals surface area contributed by atoms with Gasteiger partial charge in [0.15, 0.2) is 0 Å². The van der Waals surface area contributed by atoms with Crippen molar-refractivity contribution in [2.75, 3.05) is 6.54 Å². The molecule has 0 spiro atoms. The van der Waals surface area contributed by atoms with Crippen LogP contribution in [-0.2, 0) is 9.59 Å². The Morgan fingerprint density at radius 1 is 1.33 bits per heavy atom. The van der Waals surface area contributed by atoms with Crippen LogP contribution in [0.25, 0.3) is 5.57 Å². The minimum atomic E-state index is -1.07. The third kappa shape index (κ3) is 3.51. The molecule has 1 aromatic rings. The van der Waals surface area contributed by atoms with Crippen molar-refractivity contribution in [1.82, 2.24) is 4.90 Å². The Morgan fingerprint density at radius 2 is 2.00 bits per heavy atom. The molecule has 1 heterocycles. The Hall–Kier alpha value is -1.66. The van der Waals surface area contributed by atoms with E-state index >= 15 is 0 Å². The molecule has 1 aromatic carbocycles. The molecule has 1 aliphatic rings. The van der Waals surface area contributed by atoms with Gasteiger partial charge in [-0.25, -0.2) is 0 Å². The second-order valence-electron chi connectivity index (χ2n) is 4.58. The lowest BCUT2D eigenvalue weighted by atomic mass is 10.0. The van der Waals surface area contributed by atoms with Gasteiger partial charge >= 0.3 is 5.97 Å². The molecule has 6 heteroatoms. The van der Waals surface area contributed by atoms with E-state index < -0.39 is 5.97 Å². The maximum Gasteiger partial charge on any atom is 0.323 e. The van der Waals surface area contributed by atoms with Crippen LogP contribution in [0.4, 0.5) is 0 Å². The Kier molecular flexibility index (Phi) is 5.14. The second kappa shape index (κ2) is 6.87. The van der Waals surface area contributed by atoms with Gasteiger partial charge in [-0.3, -0.25) is 14.5 Å². The summed E-state index contributed by atoms with van der Waals surface area (Å²) in [5, 5.41) is 8.88. The third-order valence-electron chi connectivity index (χ3n) is 3.04. The highest BCUT2D eigenvalue weighted by atomic mass is 32.2. The lowest BCUT2D eigenvalue weighted by Crippen LogP contribution is -2.33. The zero-order valence-electron chi connectivity index (χ0n) is 11.5. The number of nitrogens with zero attached hydrogens (tertiary/aromatic N) is 1. The molecular weight excluding hydrogens is 306 g/mol. The van der Waals surface area contributed by atoms with Gasteiger partial charge in [0.25, 0.3) is 5.91 Å². The average molecular weight is 321 g/mol. The van der Waals surface area contributed by atoms with Gasteiger partial charge in [0.1, 0.15) is 10.9 Å². The van der Waals surface area contributed by atoms with Crippen molar-refractivity contribution in [2.24, 2.45) is 0 Å². The summed E-state index contributed by atoms with van der Waals surface area (Å²) in [6, 6.07) is 9.66. The lowest BCUT2D eigenvalue weighted by molar-refractivity contribution is -0.140. The highest BCUT2D eigenvalue weighted by Crippen LogP contribution is 2.38. The van der Waals surface area contributed by atoms with E-state index in [2.05, 4.69) is 0 Å². The predicted molar refractivity (Wildman–Crippen MR) is 87.8 cm³/mol. The number of benzene rings is 1. The standard InChI is InChI=1S/C15H15NO3S2/c1-2-6-11(10-7-4-3-5-8-10)13-14(19)16(9-12(17)18)15(20)21-13/h3-5,7-8H,2,6,9H2,1H3,(H,17,18)/b13-11+. The number of hydrogen-bond donors (Lipinski definition) is 1. The van der Waals surface area contributed by atoms with Crippen molar-refractivity contribution < 1.29 is 14.7 Å². The van der Waals surface area contributed by atoms with E-state index in [1.165, 1.54) is 11.8 Å². The first-order chi connectivity index (χ1) is 10.0. The molecule has 1 aliphatic heterocycles. The highest BCUT2D eigenvalue weighted by molar-refractivity contribution is 8.26. The fourth-order valence-corrected chi connectivity index (χ4v) is 3.50. The minimum absolute atomic E-state index is 0.306. The molecule has 1 N–H and O–H groups in total. The molecule has 1 amide bonds. The monoisotopic (exact) mass is 321 g/mol. The maximum atomic E-state index is 12.4. The van der Waals surface area contributed by atoms with Gasteiger partial charge in [0.05, 0.1) is 4.91 Å². The lowest BCUT2D eigenvalue weighted by Gasteiger charge is -2.12. The SMILES string of the molecule is CCC/C(=C1\SC(=S)N(CC(=O)O)C1=O)c1ccccc1. The number of amides is 1. The van der Waals surface area contributed by atoms with Crippen LogP contribution < -0.4 is 0 Å². The van der Waals surface area contributed by atoms with Gasteiger partial charge in [-0.1, -0.05) is 67.7 Å². The van der Waals surface area contributed by atoms with E-state index in [1.54, 1.807) is 0 Å². The van der Waals surface area contributed by atoms with E-state index in [0.29, 0.717) is 9.23 Å². The highest BCUT2D eigenvalue weighted by Gasteiger charge is 2.35. The number of carboxylic acid groups (broad SMARTS) is 1. The van der Waals surface area contributed by atoms with E-state index in [-0.39, 0.29) is 12.5 Å². The van der Waals surface area contributed by atoms with E-state index in [9.17, 15) is 9.59 Å². The largest absolute Gasteiger partial charge is 0.480 e. The van der Waals surface area contributed by atoms with E-state index in [1.807, 2.05) is 37.3 Å². The summed E-state index contributed by atoms with van der Waals surface area (Å²) in [4.78, 5) is 25.0. The number of thiocarbonyl (C=S) groups is 1. The van der Waals surface area contributed by atoms with Crippen molar-refractivity contribution in [3.05, 3.63) is 40.8 Å². The van der Waals surface area contributed by atoms with Crippen molar-refractivity contribution in [1.29, 1.82) is 0 Å². The van der Waals surface area contributed by atoms with Gasteiger partial charge < -0.3 is 5.11 Å². The number of thioether (sulfide) groups is 1. The number of hydrogen-bond acceptors (Lipinski definition) is 4. The Bertz CT molecular complexity index is 611. The number of carboxylic acids is 1. The van der Waals surface area contributed by atoms with Gasteiger partial charge in [0, 0.05) is 0 Å². The van der Waals surface area contributed by atoms with Gasteiger partial charge in [-0.15, -0.1) is 0 Å². The van der Waals surface area contributed by atoms with Crippen molar-refractivity contribution in [3.63, 3.8) is 0 Å². The minimum Gasteiger partial charge on any atom is -0.480 e. The molecule has 1 fully saturated rings. The summed E-state index contributed by atoms with van der Waals surface area (Å²) < 4.78 is 0.307. The zero-order chi connectivity index (χ0) is 15.4. The van der Waals surface area contributed by atoms with Gasteiger partial charge in [-0.2, -0.15) is 0 Å². The Balaban J connectivity index is 2.42. The summed E-state index contributed by atoms with van der Waals surface area (Å²) in [6.45, 7) is 1.66. The Labute approximate surface area is 132 Å². The fourth-order valence-electron chi connectivity index (χ4n) is 2.13. The van der Waals surface area contributed by atoms with E-state index in [4.69, 9.17) is 17.3 Å².